The number of sulfone groups is 1. The van der Waals surface area contributed by atoms with Gasteiger partial charge in [-0.3, -0.25) is 0 Å². The summed E-state index contributed by atoms with van der Waals surface area (Å²) in [5, 5.41) is 0. The van der Waals surface area contributed by atoms with Crippen molar-refractivity contribution in [3.63, 3.8) is 0 Å². The topological polar surface area (TPSA) is 34.1 Å². The fourth-order valence-electron chi connectivity index (χ4n) is 1.38. The molecular formula is C11H16O2S. The highest BCUT2D eigenvalue weighted by atomic mass is 32.2. The Bertz CT molecular complexity index is 431. The van der Waals surface area contributed by atoms with Gasteiger partial charge in [0.1, 0.15) is 0 Å². The molecule has 78 valence electrons. The number of hydrogen-bond acceptors (Lipinski definition) is 2. The molecule has 0 amide bonds. The minimum atomic E-state index is -3.09. The largest absolute Gasteiger partial charge is 0.224 e. The van der Waals surface area contributed by atoms with Gasteiger partial charge in [0.05, 0.1) is 4.90 Å². The first-order chi connectivity index (χ1) is 6.32. The SMILES string of the molecule is Cc1ccc(C(C)C)cc1S(C)(=O)=O. The second-order valence-electron chi connectivity index (χ2n) is 3.95. The highest BCUT2D eigenvalue weighted by molar-refractivity contribution is 7.90. The molecule has 0 N–H and O–H groups in total. The molecule has 0 heterocycles. The first-order valence-corrected chi connectivity index (χ1v) is 6.52. The van der Waals surface area contributed by atoms with Gasteiger partial charge in [0, 0.05) is 6.26 Å². The van der Waals surface area contributed by atoms with Crippen molar-refractivity contribution in [1.29, 1.82) is 0 Å². The predicted octanol–water partition coefficient (Wildman–Crippen LogP) is 2.52. The summed E-state index contributed by atoms with van der Waals surface area (Å²) < 4.78 is 22.9. The maximum Gasteiger partial charge on any atom is 0.175 e. The molecule has 0 saturated heterocycles. The third kappa shape index (κ3) is 2.35. The third-order valence-corrected chi connectivity index (χ3v) is 3.52. The molecule has 3 heteroatoms. The van der Waals surface area contributed by atoms with Gasteiger partial charge in [0.25, 0.3) is 0 Å². The minimum absolute atomic E-state index is 0.357. The van der Waals surface area contributed by atoms with Crippen molar-refractivity contribution in [3.8, 4) is 0 Å². The summed E-state index contributed by atoms with van der Waals surface area (Å²) >= 11 is 0. The van der Waals surface area contributed by atoms with E-state index in [1.165, 1.54) is 6.26 Å². The summed E-state index contributed by atoms with van der Waals surface area (Å²) in [7, 11) is -3.09. The average molecular weight is 212 g/mol. The van der Waals surface area contributed by atoms with Crippen LogP contribution in [-0.2, 0) is 9.84 Å². The lowest BCUT2D eigenvalue weighted by molar-refractivity contribution is 0.601. The molecule has 0 aliphatic rings. The second kappa shape index (κ2) is 3.73. The van der Waals surface area contributed by atoms with Crippen LogP contribution >= 0.6 is 0 Å². The summed E-state index contributed by atoms with van der Waals surface area (Å²) in [5.41, 5.74) is 1.88. The zero-order chi connectivity index (χ0) is 10.9. The van der Waals surface area contributed by atoms with Crippen molar-refractivity contribution in [2.45, 2.75) is 31.6 Å². The van der Waals surface area contributed by atoms with Gasteiger partial charge >= 0.3 is 0 Å². The monoisotopic (exact) mass is 212 g/mol. The lowest BCUT2D eigenvalue weighted by Gasteiger charge is -2.09. The molecule has 2 nitrogen and oxygen atoms in total. The van der Waals surface area contributed by atoms with E-state index in [2.05, 4.69) is 13.8 Å². The maximum atomic E-state index is 11.4. The standard InChI is InChI=1S/C11H16O2S/c1-8(2)10-6-5-9(3)11(7-10)14(4,12)13/h5-8H,1-4H3. The van der Waals surface area contributed by atoms with Crippen molar-refractivity contribution in [1.82, 2.24) is 0 Å². The molecule has 1 aromatic carbocycles. The van der Waals surface area contributed by atoms with E-state index >= 15 is 0 Å². The van der Waals surface area contributed by atoms with Gasteiger partial charge in [0.15, 0.2) is 9.84 Å². The van der Waals surface area contributed by atoms with Gasteiger partial charge in [-0.15, -0.1) is 0 Å². The van der Waals surface area contributed by atoms with Crippen LogP contribution in [0.2, 0.25) is 0 Å². The van der Waals surface area contributed by atoms with Gasteiger partial charge in [-0.05, 0) is 30.0 Å². The van der Waals surface area contributed by atoms with Crippen molar-refractivity contribution < 1.29 is 8.42 Å². The molecule has 0 atom stereocenters. The molecule has 0 radical (unpaired) electrons. The van der Waals surface area contributed by atoms with Crippen molar-refractivity contribution >= 4 is 9.84 Å². The third-order valence-electron chi connectivity index (χ3n) is 2.28. The Kier molecular flexibility index (Phi) is 3.00. The van der Waals surface area contributed by atoms with Gasteiger partial charge in [-0.2, -0.15) is 0 Å². The maximum absolute atomic E-state index is 11.4. The first-order valence-electron chi connectivity index (χ1n) is 4.63. The summed E-state index contributed by atoms with van der Waals surface area (Å²) in [6.07, 6.45) is 1.25. The normalized spacial score (nSPS) is 12.1. The summed E-state index contributed by atoms with van der Waals surface area (Å²) in [6, 6.07) is 5.62. The quantitative estimate of drug-likeness (QED) is 0.755. The molecule has 0 aliphatic carbocycles. The van der Waals surface area contributed by atoms with E-state index in [9.17, 15) is 8.42 Å². The lowest BCUT2D eigenvalue weighted by atomic mass is 10.0. The van der Waals surface area contributed by atoms with Crippen molar-refractivity contribution in [3.05, 3.63) is 29.3 Å². The molecule has 1 aromatic rings. The van der Waals surface area contributed by atoms with Crippen LogP contribution in [0, 0.1) is 6.92 Å². The van der Waals surface area contributed by atoms with Crippen LogP contribution in [0.1, 0.15) is 30.9 Å². The Morgan fingerprint density at radius 1 is 1.21 bits per heavy atom. The average Bonchev–Trinajstić information content (AvgIpc) is 2.02. The minimum Gasteiger partial charge on any atom is -0.224 e. The van der Waals surface area contributed by atoms with E-state index in [-0.39, 0.29) is 0 Å². The van der Waals surface area contributed by atoms with E-state index in [1.807, 2.05) is 19.1 Å². The van der Waals surface area contributed by atoms with E-state index in [0.29, 0.717) is 10.8 Å². The predicted molar refractivity (Wildman–Crippen MR) is 58.4 cm³/mol. The Balaban J connectivity index is 3.37. The number of rotatable bonds is 2. The Hall–Kier alpha value is -0.830. The molecule has 0 bridgehead atoms. The van der Waals surface area contributed by atoms with E-state index in [0.717, 1.165) is 11.1 Å². The molecule has 0 spiro atoms. The Morgan fingerprint density at radius 3 is 2.21 bits per heavy atom. The molecular weight excluding hydrogens is 196 g/mol. The smallest absolute Gasteiger partial charge is 0.175 e. The Labute approximate surface area is 85.9 Å². The number of benzene rings is 1. The van der Waals surface area contributed by atoms with Gasteiger partial charge in [-0.1, -0.05) is 26.0 Å². The van der Waals surface area contributed by atoms with Crippen LogP contribution in [0.3, 0.4) is 0 Å². The highest BCUT2D eigenvalue weighted by Gasteiger charge is 2.12. The van der Waals surface area contributed by atoms with Crippen LogP contribution in [0.15, 0.2) is 23.1 Å². The molecule has 0 fully saturated rings. The summed E-state index contributed by atoms with van der Waals surface area (Å²) in [4.78, 5) is 0.448. The van der Waals surface area contributed by atoms with Crippen LogP contribution in [0.4, 0.5) is 0 Å². The first kappa shape index (κ1) is 11.2. The van der Waals surface area contributed by atoms with Crippen LogP contribution in [0.5, 0.6) is 0 Å². The van der Waals surface area contributed by atoms with Crippen LogP contribution in [0.25, 0.3) is 0 Å². The van der Waals surface area contributed by atoms with Crippen LogP contribution < -0.4 is 0 Å². The molecule has 14 heavy (non-hydrogen) atoms. The fourth-order valence-corrected chi connectivity index (χ4v) is 2.38. The summed E-state index contributed by atoms with van der Waals surface area (Å²) in [5.74, 6) is 0.357. The van der Waals surface area contributed by atoms with E-state index in [1.54, 1.807) is 6.07 Å². The van der Waals surface area contributed by atoms with E-state index in [4.69, 9.17) is 0 Å². The molecule has 1 rings (SSSR count). The van der Waals surface area contributed by atoms with Crippen LogP contribution in [-0.4, -0.2) is 14.7 Å². The van der Waals surface area contributed by atoms with Gasteiger partial charge < -0.3 is 0 Å². The summed E-state index contributed by atoms with van der Waals surface area (Å²) in [6.45, 7) is 5.92. The molecule has 0 saturated carbocycles. The van der Waals surface area contributed by atoms with E-state index < -0.39 is 9.84 Å². The zero-order valence-electron chi connectivity index (χ0n) is 9.03. The molecule has 0 unspecified atom stereocenters. The Morgan fingerprint density at radius 2 is 1.79 bits per heavy atom. The van der Waals surface area contributed by atoms with Crippen molar-refractivity contribution in [2.75, 3.05) is 6.26 Å². The van der Waals surface area contributed by atoms with Gasteiger partial charge in [-0.25, -0.2) is 8.42 Å². The number of aryl methyl sites for hydroxylation is 1. The second-order valence-corrected chi connectivity index (χ2v) is 5.94. The highest BCUT2D eigenvalue weighted by Crippen LogP contribution is 2.21. The molecule has 0 aliphatic heterocycles. The zero-order valence-corrected chi connectivity index (χ0v) is 9.85. The molecule has 0 aromatic heterocycles. The van der Waals surface area contributed by atoms with Gasteiger partial charge in [0.2, 0.25) is 0 Å². The van der Waals surface area contributed by atoms with Crippen molar-refractivity contribution in [2.24, 2.45) is 0 Å². The fraction of sp³-hybridized carbons (Fsp3) is 0.455. The number of hydrogen-bond donors (Lipinski definition) is 0. The lowest BCUT2D eigenvalue weighted by Crippen LogP contribution is -2.01.